The smallest absolute Gasteiger partial charge is 0.134 e. The summed E-state index contributed by atoms with van der Waals surface area (Å²) in [6, 6.07) is 4.71. The molecular formula is C19H21NO. The molecule has 3 rings (SSSR count). The molecular weight excluding hydrogens is 258 g/mol. The first-order valence-corrected chi connectivity index (χ1v) is 7.40. The van der Waals surface area contributed by atoms with E-state index in [1.165, 1.54) is 16.7 Å². The first kappa shape index (κ1) is 13.7. The van der Waals surface area contributed by atoms with Gasteiger partial charge in [-0.1, -0.05) is 24.3 Å². The highest BCUT2D eigenvalue weighted by Crippen LogP contribution is 2.35. The average molecular weight is 279 g/mol. The standard InChI is InChI=1S/C19H21NO/c1-13-7-8-18(20-12-13)16-11-17-14(2)6-4-5-9-21-19(17)10-15(16)3/h4-6,9-12,18,20H,2,7-8H2,1,3H3/b6-4-,9-5-. The lowest BCUT2D eigenvalue weighted by Crippen LogP contribution is -2.21. The van der Waals surface area contributed by atoms with E-state index in [1.54, 1.807) is 6.26 Å². The van der Waals surface area contributed by atoms with E-state index in [9.17, 15) is 0 Å². The normalized spacial score (nSPS) is 23.8. The van der Waals surface area contributed by atoms with E-state index in [4.69, 9.17) is 4.74 Å². The van der Waals surface area contributed by atoms with Crippen LogP contribution in [0.15, 0.2) is 55.0 Å². The number of hydrogen-bond donors (Lipinski definition) is 1. The zero-order chi connectivity index (χ0) is 14.8. The van der Waals surface area contributed by atoms with Crippen molar-refractivity contribution in [3.8, 4) is 5.75 Å². The Kier molecular flexibility index (Phi) is 3.70. The summed E-state index contributed by atoms with van der Waals surface area (Å²) < 4.78 is 5.71. The van der Waals surface area contributed by atoms with Crippen molar-refractivity contribution < 1.29 is 4.74 Å². The van der Waals surface area contributed by atoms with Crippen LogP contribution in [-0.2, 0) is 0 Å². The van der Waals surface area contributed by atoms with Gasteiger partial charge in [-0.2, -0.15) is 0 Å². The second kappa shape index (κ2) is 5.65. The van der Waals surface area contributed by atoms with Gasteiger partial charge in [-0.15, -0.1) is 0 Å². The molecule has 1 aromatic rings. The van der Waals surface area contributed by atoms with Gasteiger partial charge in [-0.3, -0.25) is 0 Å². The van der Waals surface area contributed by atoms with Crippen LogP contribution in [0.1, 0.15) is 42.5 Å². The summed E-state index contributed by atoms with van der Waals surface area (Å²) in [7, 11) is 0. The monoisotopic (exact) mass is 279 g/mol. The number of nitrogens with one attached hydrogen (secondary N) is 1. The average Bonchev–Trinajstić information content (AvgIpc) is 2.46. The fourth-order valence-corrected chi connectivity index (χ4v) is 2.86. The Hall–Kier alpha value is -2.22. The second-order valence-corrected chi connectivity index (χ2v) is 5.78. The van der Waals surface area contributed by atoms with Crippen molar-refractivity contribution in [1.29, 1.82) is 0 Å². The van der Waals surface area contributed by atoms with Gasteiger partial charge in [0.25, 0.3) is 0 Å². The van der Waals surface area contributed by atoms with Gasteiger partial charge >= 0.3 is 0 Å². The molecule has 0 spiro atoms. The van der Waals surface area contributed by atoms with Gasteiger partial charge < -0.3 is 10.1 Å². The van der Waals surface area contributed by atoms with Gasteiger partial charge in [-0.05, 0) is 67.8 Å². The fraction of sp³-hybridized carbons (Fsp3) is 0.263. The predicted octanol–water partition coefficient (Wildman–Crippen LogP) is 4.80. The molecule has 2 nitrogen and oxygen atoms in total. The predicted molar refractivity (Wildman–Crippen MR) is 88.0 cm³/mol. The third-order valence-corrected chi connectivity index (χ3v) is 4.13. The van der Waals surface area contributed by atoms with Crippen molar-refractivity contribution in [3.63, 3.8) is 0 Å². The minimum atomic E-state index is 0.372. The molecule has 1 N–H and O–H groups in total. The second-order valence-electron chi connectivity index (χ2n) is 5.78. The Labute approximate surface area is 126 Å². The van der Waals surface area contributed by atoms with Gasteiger partial charge in [0.1, 0.15) is 5.75 Å². The van der Waals surface area contributed by atoms with Crippen LogP contribution in [0.2, 0.25) is 0 Å². The fourth-order valence-electron chi connectivity index (χ4n) is 2.86. The highest BCUT2D eigenvalue weighted by Gasteiger charge is 2.19. The lowest BCUT2D eigenvalue weighted by atomic mass is 9.90. The number of fused-ring (bicyclic) bond motifs is 1. The highest BCUT2D eigenvalue weighted by atomic mass is 16.5. The van der Waals surface area contributed by atoms with Crippen LogP contribution in [0.3, 0.4) is 0 Å². The summed E-state index contributed by atoms with van der Waals surface area (Å²) in [5, 5.41) is 3.51. The third-order valence-electron chi connectivity index (χ3n) is 4.13. The molecule has 0 radical (unpaired) electrons. The zero-order valence-corrected chi connectivity index (χ0v) is 12.6. The number of rotatable bonds is 1. The van der Waals surface area contributed by atoms with Crippen molar-refractivity contribution in [2.75, 3.05) is 0 Å². The largest absolute Gasteiger partial charge is 0.464 e. The summed E-state index contributed by atoms with van der Waals surface area (Å²) in [4.78, 5) is 0. The topological polar surface area (TPSA) is 21.3 Å². The van der Waals surface area contributed by atoms with Gasteiger partial charge in [0.15, 0.2) is 0 Å². The third kappa shape index (κ3) is 2.80. The maximum atomic E-state index is 5.71. The molecule has 0 saturated carbocycles. The summed E-state index contributed by atoms with van der Waals surface area (Å²) >= 11 is 0. The first-order chi connectivity index (χ1) is 10.1. The van der Waals surface area contributed by atoms with Crippen molar-refractivity contribution in [2.24, 2.45) is 0 Å². The molecule has 1 unspecified atom stereocenters. The van der Waals surface area contributed by atoms with E-state index in [1.807, 2.05) is 18.2 Å². The van der Waals surface area contributed by atoms with Crippen LogP contribution in [0.4, 0.5) is 0 Å². The van der Waals surface area contributed by atoms with Crippen LogP contribution in [0.5, 0.6) is 5.75 Å². The molecule has 21 heavy (non-hydrogen) atoms. The van der Waals surface area contributed by atoms with E-state index in [-0.39, 0.29) is 0 Å². The quantitative estimate of drug-likeness (QED) is 0.797. The van der Waals surface area contributed by atoms with Crippen molar-refractivity contribution >= 4 is 5.57 Å². The lowest BCUT2D eigenvalue weighted by Gasteiger charge is -2.26. The Bertz CT molecular complexity index is 664. The van der Waals surface area contributed by atoms with E-state index in [2.05, 4.69) is 44.1 Å². The summed E-state index contributed by atoms with van der Waals surface area (Å²) in [6.07, 6.45) is 12.0. The van der Waals surface area contributed by atoms with Crippen LogP contribution in [-0.4, -0.2) is 0 Å². The molecule has 2 heterocycles. The Morgan fingerprint density at radius 1 is 1.24 bits per heavy atom. The first-order valence-electron chi connectivity index (χ1n) is 7.40. The highest BCUT2D eigenvalue weighted by molar-refractivity contribution is 5.77. The van der Waals surface area contributed by atoms with Crippen molar-refractivity contribution in [1.82, 2.24) is 5.32 Å². The Morgan fingerprint density at radius 2 is 2.10 bits per heavy atom. The van der Waals surface area contributed by atoms with E-state index in [0.717, 1.165) is 29.7 Å². The SMILES string of the molecule is C=C1/C=C\C=C/Oc2cc(C)c(C3CCC(C)=CN3)cc21. The van der Waals surface area contributed by atoms with E-state index in [0.29, 0.717) is 6.04 Å². The van der Waals surface area contributed by atoms with Gasteiger partial charge in [0, 0.05) is 5.56 Å². The van der Waals surface area contributed by atoms with Crippen LogP contribution in [0, 0.1) is 6.92 Å². The molecule has 0 saturated heterocycles. The number of ether oxygens (including phenoxy) is 1. The minimum absolute atomic E-state index is 0.372. The zero-order valence-electron chi connectivity index (χ0n) is 12.6. The molecule has 1 atom stereocenters. The molecule has 2 heteroatoms. The van der Waals surface area contributed by atoms with Crippen molar-refractivity contribution in [3.05, 3.63) is 71.7 Å². The molecule has 2 aliphatic rings. The number of hydrogen-bond acceptors (Lipinski definition) is 2. The minimum Gasteiger partial charge on any atom is -0.464 e. The molecule has 0 bridgehead atoms. The summed E-state index contributed by atoms with van der Waals surface area (Å²) in [5.41, 5.74) is 6.06. The molecule has 2 aliphatic heterocycles. The number of benzene rings is 1. The van der Waals surface area contributed by atoms with Crippen LogP contribution < -0.4 is 10.1 Å². The van der Waals surface area contributed by atoms with E-state index < -0.39 is 0 Å². The molecule has 0 fully saturated rings. The maximum Gasteiger partial charge on any atom is 0.134 e. The molecule has 0 aliphatic carbocycles. The van der Waals surface area contributed by atoms with Gasteiger partial charge in [-0.25, -0.2) is 0 Å². The van der Waals surface area contributed by atoms with Crippen molar-refractivity contribution in [2.45, 2.75) is 32.7 Å². The molecule has 108 valence electrons. The van der Waals surface area contributed by atoms with E-state index >= 15 is 0 Å². The van der Waals surface area contributed by atoms with Crippen LogP contribution in [0.25, 0.3) is 5.57 Å². The number of aryl methyl sites for hydroxylation is 1. The van der Waals surface area contributed by atoms with Gasteiger partial charge in [0.05, 0.1) is 12.3 Å². The maximum absolute atomic E-state index is 5.71. The van der Waals surface area contributed by atoms with Gasteiger partial charge in [0.2, 0.25) is 0 Å². The van der Waals surface area contributed by atoms with Crippen LogP contribution >= 0.6 is 0 Å². The number of allylic oxidation sites excluding steroid dienone is 5. The lowest BCUT2D eigenvalue weighted by molar-refractivity contribution is 0.477. The molecule has 0 aromatic heterocycles. The summed E-state index contributed by atoms with van der Waals surface area (Å²) in [6.45, 7) is 8.47. The Balaban J connectivity index is 2.02. The summed E-state index contributed by atoms with van der Waals surface area (Å²) in [5.74, 6) is 0.879. The Morgan fingerprint density at radius 3 is 2.86 bits per heavy atom. The molecule has 1 aromatic carbocycles. The molecule has 0 amide bonds.